The van der Waals surface area contributed by atoms with Crippen LogP contribution in [0, 0.1) is 0 Å². The Bertz CT molecular complexity index is 87.9. The molecule has 0 saturated carbocycles. The molecule has 5 heteroatoms. The third-order valence-corrected chi connectivity index (χ3v) is 1.97. The Morgan fingerprint density at radius 3 is 2.67 bits per heavy atom. The van der Waals surface area contributed by atoms with Gasteiger partial charge in [-0.05, 0) is 17.3 Å². The van der Waals surface area contributed by atoms with Gasteiger partial charge < -0.3 is 9.42 Å². The molecule has 0 spiro atoms. The van der Waals surface area contributed by atoms with Gasteiger partial charge in [-0.1, -0.05) is 22.6 Å². The van der Waals surface area contributed by atoms with Gasteiger partial charge in [0.1, 0.15) is 0 Å². The molecular weight excluding hydrogens is 254 g/mol. The lowest BCUT2D eigenvalue weighted by molar-refractivity contribution is 0.277. The van der Waals surface area contributed by atoms with Gasteiger partial charge in [0.15, 0.2) is 0 Å². The lowest BCUT2D eigenvalue weighted by Gasteiger charge is -1.95. The maximum atomic E-state index is 9.92. The van der Waals surface area contributed by atoms with Crippen LogP contribution in [0.15, 0.2) is 0 Å². The zero-order valence-electron chi connectivity index (χ0n) is 4.97. The molecule has 0 fully saturated rings. The van der Waals surface area contributed by atoms with E-state index in [1.54, 1.807) is 0 Å². The van der Waals surface area contributed by atoms with Crippen LogP contribution in [-0.4, -0.2) is 15.9 Å². The van der Waals surface area contributed by atoms with E-state index in [1.807, 2.05) is 0 Å². The normalized spacial score (nSPS) is 13.6. The van der Waals surface area contributed by atoms with Crippen molar-refractivity contribution >= 4 is 30.8 Å². The summed E-state index contributed by atoms with van der Waals surface area (Å²) < 4.78 is 15.4. The van der Waals surface area contributed by atoms with Crippen molar-refractivity contribution < 1.29 is 14.0 Å². The van der Waals surface area contributed by atoms with Crippen molar-refractivity contribution in [2.24, 2.45) is 0 Å². The lowest BCUT2D eigenvalue weighted by Crippen LogP contribution is -1.86. The highest BCUT2D eigenvalue weighted by molar-refractivity contribution is 14.1. The molecule has 0 aromatic carbocycles. The lowest BCUT2D eigenvalue weighted by atomic mass is 10.4. The summed E-state index contributed by atoms with van der Waals surface area (Å²) in [7, 11) is -2.67. The molecular formula is C4H10IO3P. The van der Waals surface area contributed by atoms with E-state index in [0.29, 0.717) is 6.61 Å². The summed E-state index contributed by atoms with van der Waals surface area (Å²) in [6.07, 6.45) is 1.93. The minimum absolute atomic E-state index is 0.414. The Morgan fingerprint density at radius 1 is 1.56 bits per heavy atom. The summed E-state index contributed by atoms with van der Waals surface area (Å²) in [5.74, 6) is 0. The van der Waals surface area contributed by atoms with Crippen LogP contribution in [0.4, 0.5) is 0 Å². The first-order valence-electron chi connectivity index (χ1n) is 2.69. The van der Waals surface area contributed by atoms with Gasteiger partial charge in [-0.15, -0.1) is 0 Å². The van der Waals surface area contributed by atoms with Crippen LogP contribution < -0.4 is 0 Å². The summed E-state index contributed by atoms with van der Waals surface area (Å²) in [5.41, 5.74) is 0. The molecule has 0 rings (SSSR count). The van der Waals surface area contributed by atoms with E-state index in [4.69, 9.17) is 4.89 Å². The molecule has 0 aliphatic rings. The Labute approximate surface area is 68.9 Å². The first-order chi connectivity index (χ1) is 4.27. The van der Waals surface area contributed by atoms with E-state index < -0.39 is 8.25 Å². The van der Waals surface area contributed by atoms with Crippen LogP contribution in [0.5, 0.6) is 0 Å². The van der Waals surface area contributed by atoms with Crippen molar-refractivity contribution in [1.29, 1.82) is 0 Å². The predicted octanol–water partition coefficient (Wildman–Crippen LogP) is 1.60. The summed E-state index contributed by atoms with van der Waals surface area (Å²) in [5, 5.41) is 0. The first kappa shape index (κ1) is 9.88. The smallest absolute Gasteiger partial charge is 0.316 e. The van der Waals surface area contributed by atoms with E-state index in [0.717, 1.165) is 17.3 Å². The maximum Gasteiger partial charge on any atom is 0.316 e. The second kappa shape index (κ2) is 6.99. The molecule has 0 aliphatic heterocycles. The minimum atomic E-state index is -2.67. The van der Waals surface area contributed by atoms with E-state index in [9.17, 15) is 4.57 Å². The number of alkyl halides is 1. The molecule has 9 heavy (non-hydrogen) atoms. The van der Waals surface area contributed by atoms with Crippen LogP contribution >= 0.6 is 30.8 Å². The molecule has 0 aromatic rings. The minimum Gasteiger partial charge on any atom is -0.326 e. The zero-order chi connectivity index (χ0) is 7.11. The zero-order valence-corrected chi connectivity index (χ0v) is 8.13. The number of rotatable bonds is 5. The average molecular weight is 264 g/mol. The monoisotopic (exact) mass is 264 g/mol. The number of halogens is 1. The van der Waals surface area contributed by atoms with Gasteiger partial charge in [-0.2, -0.15) is 0 Å². The van der Waals surface area contributed by atoms with Crippen molar-refractivity contribution in [3.63, 3.8) is 0 Å². The molecule has 0 radical (unpaired) electrons. The van der Waals surface area contributed by atoms with Gasteiger partial charge in [0.05, 0.1) is 6.61 Å². The quantitative estimate of drug-likeness (QED) is 0.355. The van der Waals surface area contributed by atoms with Gasteiger partial charge >= 0.3 is 8.25 Å². The van der Waals surface area contributed by atoms with Gasteiger partial charge in [0.25, 0.3) is 0 Å². The van der Waals surface area contributed by atoms with Crippen molar-refractivity contribution in [1.82, 2.24) is 0 Å². The molecule has 0 amide bonds. The van der Waals surface area contributed by atoms with Gasteiger partial charge in [-0.25, -0.2) is 0 Å². The fraction of sp³-hybridized carbons (Fsp3) is 1.00. The molecule has 3 nitrogen and oxygen atoms in total. The number of unbranched alkanes of at least 4 members (excludes halogenated alkanes) is 1. The Kier molecular flexibility index (Phi) is 7.68. The van der Waals surface area contributed by atoms with Gasteiger partial charge in [0, 0.05) is 0 Å². The fourth-order valence-corrected chi connectivity index (χ4v) is 1.21. The third kappa shape index (κ3) is 8.88. The van der Waals surface area contributed by atoms with Crippen LogP contribution in [-0.2, 0) is 9.09 Å². The highest BCUT2D eigenvalue weighted by Gasteiger charge is 1.90. The Morgan fingerprint density at radius 2 is 2.22 bits per heavy atom. The van der Waals surface area contributed by atoms with Crippen LogP contribution in [0.1, 0.15) is 12.8 Å². The number of hydrogen-bond acceptors (Lipinski definition) is 2. The summed E-state index contributed by atoms with van der Waals surface area (Å²) in [6.45, 7) is 0.414. The first-order valence-corrected chi connectivity index (χ1v) is 5.48. The van der Waals surface area contributed by atoms with E-state index in [1.165, 1.54) is 0 Å². The van der Waals surface area contributed by atoms with Crippen LogP contribution in [0.3, 0.4) is 0 Å². The van der Waals surface area contributed by atoms with E-state index >= 15 is 0 Å². The van der Waals surface area contributed by atoms with Gasteiger partial charge in [-0.3, -0.25) is 4.57 Å². The molecule has 1 unspecified atom stereocenters. The molecule has 0 aliphatic carbocycles. The summed E-state index contributed by atoms with van der Waals surface area (Å²) in [4.78, 5) is 8.17. The molecule has 56 valence electrons. The topological polar surface area (TPSA) is 46.5 Å². The SMILES string of the molecule is O=[PH](O)OCCCCI. The van der Waals surface area contributed by atoms with E-state index in [-0.39, 0.29) is 0 Å². The third-order valence-electron chi connectivity index (χ3n) is 0.754. The summed E-state index contributed by atoms with van der Waals surface area (Å²) >= 11 is 2.26. The standard InChI is InChI=1S/C4H10IO3P/c5-3-1-2-4-8-9(6)7/h9H,1-4H2,(H,6,7). The Balaban J connectivity index is 2.83. The highest BCUT2D eigenvalue weighted by Crippen LogP contribution is 2.14. The summed E-state index contributed by atoms with van der Waals surface area (Å²) in [6, 6.07) is 0. The molecule has 0 heterocycles. The van der Waals surface area contributed by atoms with Crippen molar-refractivity contribution in [3.8, 4) is 0 Å². The van der Waals surface area contributed by atoms with Crippen molar-refractivity contribution in [3.05, 3.63) is 0 Å². The van der Waals surface area contributed by atoms with Gasteiger partial charge in [0.2, 0.25) is 0 Å². The Hall–Kier alpha value is 0.880. The average Bonchev–Trinajstić information content (AvgIpc) is 1.80. The van der Waals surface area contributed by atoms with Crippen LogP contribution in [0.25, 0.3) is 0 Å². The molecule has 0 bridgehead atoms. The molecule has 1 atom stereocenters. The molecule has 1 N–H and O–H groups in total. The second-order valence-corrected chi connectivity index (χ2v) is 3.41. The second-order valence-electron chi connectivity index (χ2n) is 1.51. The largest absolute Gasteiger partial charge is 0.326 e. The van der Waals surface area contributed by atoms with Crippen molar-refractivity contribution in [2.45, 2.75) is 12.8 Å². The fourth-order valence-electron chi connectivity index (χ4n) is 0.356. The van der Waals surface area contributed by atoms with Crippen LogP contribution in [0.2, 0.25) is 0 Å². The highest BCUT2D eigenvalue weighted by atomic mass is 127. The predicted molar refractivity (Wildman–Crippen MR) is 45.3 cm³/mol. The molecule has 0 saturated heterocycles. The van der Waals surface area contributed by atoms with Crippen molar-refractivity contribution in [2.75, 3.05) is 11.0 Å². The van der Waals surface area contributed by atoms with E-state index in [2.05, 4.69) is 27.1 Å². The maximum absolute atomic E-state index is 9.92. The number of hydrogen-bond donors (Lipinski definition) is 1. The molecule has 0 aromatic heterocycles.